The van der Waals surface area contributed by atoms with Crippen LogP contribution in [0.4, 0.5) is 10.1 Å². The van der Waals surface area contributed by atoms with Crippen molar-refractivity contribution in [1.82, 2.24) is 0 Å². The van der Waals surface area contributed by atoms with Crippen LogP contribution in [0, 0.1) is 16.9 Å². The Morgan fingerprint density at radius 1 is 1.16 bits per heavy atom. The minimum atomic E-state index is -1.19. The molecular weight excluding hydrogens is 413 g/mol. The van der Waals surface area contributed by atoms with Gasteiger partial charge in [-0.15, -0.1) is 0 Å². The summed E-state index contributed by atoms with van der Waals surface area (Å²) in [6.45, 7) is 3.89. The molecule has 1 aliphatic rings. The summed E-state index contributed by atoms with van der Waals surface area (Å²) >= 11 is 0. The van der Waals surface area contributed by atoms with Crippen LogP contribution in [-0.4, -0.2) is 39.5 Å². The molecule has 2 aromatic rings. The van der Waals surface area contributed by atoms with Gasteiger partial charge >= 0.3 is 5.97 Å². The molecule has 6 nitrogen and oxygen atoms in total. The molecule has 2 aromatic carbocycles. The van der Waals surface area contributed by atoms with Crippen LogP contribution >= 0.6 is 0 Å². The second kappa shape index (κ2) is 10.2. The third kappa shape index (κ3) is 5.31. The van der Waals surface area contributed by atoms with Gasteiger partial charge in [0, 0.05) is 35.1 Å². The Hall–Kier alpha value is -2.84. The number of fused-ring (bicyclic) bond motifs is 1. The van der Waals surface area contributed by atoms with E-state index in [9.17, 15) is 24.6 Å². The molecule has 0 bridgehead atoms. The lowest BCUT2D eigenvalue weighted by Crippen LogP contribution is -3.08. The number of halogens is 1. The number of nitrogens with one attached hydrogen (secondary N) is 1. The molecule has 1 heterocycles. The Kier molecular flexibility index (Phi) is 7.58. The highest BCUT2D eigenvalue weighted by molar-refractivity contribution is 5.89. The quantitative estimate of drug-likeness (QED) is 0.472. The van der Waals surface area contributed by atoms with Gasteiger partial charge in [0.25, 0.3) is 0 Å². The van der Waals surface area contributed by atoms with Crippen LogP contribution in [-0.2, 0) is 4.79 Å². The van der Waals surface area contributed by atoms with Crippen molar-refractivity contribution in [3.63, 3.8) is 0 Å². The molecule has 1 aliphatic heterocycles. The molecule has 0 fully saturated rings. The molecule has 0 aliphatic carbocycles. The van der Waals surface area contributed by atoms with E-state index in [0.29, 0.717) is 11.3 Å². The first-order chi connectivity index (χ1) is 15.2. The minimum absolute atomic E-state index is 0.0264. The summed E-state index contributed by atoms with van der Waals surface area (Å²) in [5.41, 5.74) is 3.56. The Morgan fingerprint density at radius 3 is 2.44 bits per heavy atom. The number of hydrogen-bond acceptors (Lipinski definition) is 4. The molecule has 0 amide bonds. The van der Waals surface area contributed by atoms with E-state index in [-0.39, 0.29) is 23.2 Å². The molecule has 0 radical (unpaired) electrons. The standard InChI is InChI=1S/C25H28FNO5/c1-15(2)25-21(12-11-18(28)13-19(29)14-23(30)31)24(16-7-9-17(26)10-8-16)20-5-3-4-6-22(20)27(25)32/h3-12,15,18-19,25,27-29H,13-14H2,1-2H3,(H,30,31)/b12-11+/t18-,19-,25?/m1/s1. The molecule has 4 atom stereocenters. The molecule has 0 saturated heterocycles. The monoisotopic (exact) mass is 441 g/mol. The van der Waals surface area contributed by atoms with Gasteiger partial charge in [0.2, 0.25) is 0 Å². The number of carboxylic acids is 1. The molecule has 2 unspecified atom stereocenters. The van der Waals surface area contributed by atoms with Crippen LogP contribution in [0.1, 0.15) is 37.8 Å². The van der Waals surface area contributed by atoms with Crippen LogP contribution in [0.3, 0.4) is 0 Å². The lowest BCUT2D eigenvalue weighted by Gasteiger charge is -2.40. The van der Waals surface area contributed by atoms with Crippen molar-refractivity contribution in [2.24, 2.45) is 5.92 Å². The maximum atomic E-state index is 13.6. The van der Waals surface area contributed by atoms with E-state index < -0.39 is 30.6 Å². The molecule has 0 spiro atoms. The Morgan fingerprint density at radius 2 is 1.81 bits per heavy atom. The molecule has 4 N–H and O–H groups in total. The van der Waals surface area contributed by atoms with Gasteiger partial charge in [-0.3, -0.25) is 4.79 Å². The van der Waals surface area contributed by atoms with E-state index in [0.717, 1.165) is 16.7 Å². The summed E-state index contributed by atoms with van der Waals surface area (Å²) in [6.07, 6.45) is 0.266. The number of hydroxylamine groups is 1. The van der Waals surface area contributed by atoms with Gasteiger partial charge in [-0.05, 0) is 23.8 Å². The highest BCUT2D eigenvalue weighted by Gasteiger charge is 2.35. The SMILES string of the molecule is CC(C)C1C(/C=C/[C@@H](O)C[C@@H](O)CC(=O)O)=C(c2ccc(F)cc2)c2ccccc2[NH+]1[O-]. The first kappa shape index (κ1) is 23.8. The maximum Gasteiger partial charge on any atom is 0.305 e. The van der Waals surface area contributed by atoms with Crippen molar-refractivity contribution >= 4 is 17.2 Å². The minimum Gasteiger partial charge on any atom is -0.628 e. The predicted molar refractivity (Wildman–Crippen MR) is 120 cm³/mol. The van der Waals surface area contributed by atoms with Crippen LogP contribution in [0.5, 0.6) is 0 Å². The Labute approximate surface area is 186 Å². The number of benzene rings is 2. The normalized spacial score (nSPS) is 20.5. The molecular formula is C25H28FNO5. The number of carboxylic acid groups (broad SMARTS) is 1. The van der Waals surface area contributed by atoms with Gasteiger partial charge < -0.3 is 25.6 Å². The third-order valence-corrected chi connectivity index (χ3v) is 5.59. The van der Waals surface area contributed by atoms with Crippen molar-refractivity contribution in [3.05, 3.63) is 88.4 Å². The van der Waals surface area contributed by atoms with Crippen LogP contribution in [0.15, 0.2) is 66.3 Å². The molecule has 3 rings (SSSR count). The number of quaternary nitrogens is 1. The fraction of sp³-hybridized carbons (Fsp3) is 0.320. The molecule has 0 saturated carbocycles. The van der Waals surface area contributed by atoms with Crippen molar-refractivity contribution in [3.8, 4) is 0 Å². The number of aliphatic hydroxyl groups excluding tert-OH is 2. The van der Waals surface area contributed by atoms with Gasteiger partial charge in [-0.25, -0.2) is 4.39 Å². The smallest absolute Gasteiger partial charge is 0.305 e. The topological polar surface area (TPSA) is 105 Å². The van der Waals surface area contributed by atoms with Crippen molar-refractivity contribution in [2.75, 3.05) is 0 Å². The number of hydrogen-bond donors (Lipinski definition) is 4. The lowest BCUT2D eigenvalue weighted by atomic mass is 9.81. The van der Waals surface area contributed by atoms with Crippen LogP contribution in [0.25, 0.3) is 5.57 Å². The van der Waals surface area contributed by atoms with Crippen molar-refractivity contribution in [2.45, 2.75) is 44.9 Å². The zero-order valence-electron chi connectivity index (χ0n) is 18.0. The van der Waals surface area contributed by atoms with E-state index in [4.69, 9.17) is 5.11 Å². The van der Waals surface area contributed by atoms with Crippen LogP contribution in [0.2, 0.25) is 0 Å². The van der Waals surface area contributed by atoms with E-state index in [1.807, 2.05) is 32.0 Å². The zero-order valence-corrected chi connectivity index (χ0v) is 18.0. The first-order valence-corrected chi connectivity index (χ1v) is 10.6. The number of rotatable bonds is 8. The fourth-order valence-corrected chi connectivity index (χ4v) is 4.18. The highest BCUT2D eigenvalue weighted by atomic mass is 19.1. The summed E-state index contributed by atoms with van der Waals surface area (Å²) in [7, 11) is 0. The van der Waals surface area contributed by atoms with E-state index in [1.165, 1.54) is 18.2 Å². The van der Waals surface area contributed by atoms with Gasteiger partial charge in [0.1, 0.15) is 17.5 Å². The molecule has 170 valence electrons. The van der Waals surface area contributed by atoms with Gasteiger partial charge in [0.15, 0.2) is 0 Å². The molecule has 0 aromatic heterocycles. The summed E-state index contributed by atoms with van der Waals surface area (Å²) in [4.78, 5) is 10.8. The zero-order chi connectivity index (χ0) is 23.4. The van der Waals surface area contributed by atoms with Gasteiger partial charge in [-0.2, -0.15) is 0 Å². The molecule has 32 heavy (non-hydrogen) atoms. The highest BCUT2D eigenvalue weighted by Crippen LogP contribution is 2.37. The number of aliphatic carboxylic acids is 1. The Bertz CT molecular complexity index is 1020. The second-order valence-corrected chi connectivity index (χ2v) is 8.38. The fourth-order valence-electron chi connectivity index (χ4n) is 4.18. The summed E-state index contributed by atoms with van der Waals surface area (Å²) in [5.74, 6) is -1.56. The van der Waals surface area contributed by atoms with Crippen LogP contribution < -0.4 is 5.06 Å². The molecule has 7 heteroatoms. The number of para-hydroxylation sites is 1. The van der Waals surface area contributed by atoms with E-state index in [2.05, 4.69) is 0 Å². The van der Waals surface area contributed by atoms with E-state index >= 15 is 0 Å². The third-order valence-electron chi connectivity index (χ3n) is 5.59. The van der Waals surface area contributed by atoms with Gasteiger partial charge in [0.05, 0.1) is 18.6 Å². The summed E-state index contributed by atoms with van der Waals surface area (Å²) in [6, 6.07) is 12.9. The maximum absolute atomic E-state index is 13.6. The summed E-state index contributed by atoms with van der Waals surface area (Å²) < 4.78 is 13.6. The van der Waals surface area contributed by atoms with Gasteiger partial charge in [-0.1, -0.05) is 50.3 Å². The Balaban J connectivity index is 2.10. The summed E-state index contributed by atoms with van der Waals surface area (Å²) in [5, 5.41) is 42.3. The van der Waals surface area contributed by atoms with Crippen molar-refractivity contribution in [1.29, 1.82) is 0 Å². The average Bonchev–Trinajstić information content (AvgIpc) is 2.72. The number of carbonyl (C=O) groups is 1. The second-order valence-electron chi connectivity index (χ2n) is 8.38. The number of aliphatic hydroxyl groups is 2. The van der Waals surface area contributed by atoms with E-state index in [1.54, 1.807) is 24.3 Å². The van der Waals surface area contributed by atoms with Crippen molar-refractivity contribution < 1.29 is 29.6 Å². The predicted octanol–water partition coefficient (Wildman–Crippen LogP) is 2.82. The lowest BCUT2D eigenvalue weighted by molar-refractivity contribution is -0.805. The largest absolute Gasteiger partial charge is 0.628 e. The average molecular weight is 441 g/mol. The first-order valence-electron chi connectivity index (χ1n) is 10.6.